The van der Waals surface area contributed by atoms with E-state index >= 15 is 0 Å². The highest BCUT2D eigenvalue weighted by Gasteiger charge is 2.26. The fraction of sp³-hybridized carbons (Fsp3) is 0.983. The van der Waals surface area contributed by atoms with Gasteiger partial charge in [-0.2, -0.15) is 0 Å². The van der Waals surface area contributed by atoms with Crippen LogP contribution in [0.2, 0.25) is 0 Å². The van der Waals surface area contributed by atoms with Crippen molar-refractivity contribution in [3.8, 4) is 0 Å². The van der Waals surface area contributed by atoms with Crippen LogP contribution in [0.25, 0.3) is 0 Å². The van der Waals surface area contributed by atoms with Gasteiger partial charge in [-0.25, -0.2) is 0 Å². The standard InChI is InChI=1S/C59H119NO4/c1-3-5-7-9-11-13-15-17-18-19-20-21-22-23-24-25-26-27-28-29-30-31-32-33-34-35-36-37-38-39-40-42-44-46-48-50-52-54-58(63)60-56(55-61)59(64)57(62)53-51-49-47-45-43-41-16-14-12-10-8-6-4-2/h56-57,59,61-62,64H,3-55H2,1-2H3,(H,60,63). The van der Waals surface area contributed by atoms with E-state index in [1.54, 1.807) is 0 Å². The number of nitrogens with one attached hydrogen (secondary N) is 1. The number of rotatable bonds is 56. The summed E-state index contributed by atoms with van der Waals surface area (Å²) in [6.45, 7) is 4.21. The Balaban J connectivity index is 3.38. The van der Waals surface area contributed by atoms with Gasteiger partial charge in [0.2, 0.25) is 5.91 Å². The van der Waals surface area contributed by atoms with Gasteiger partial charge < -0.3 is 20.6 Å². The zero-order chi connectivity index (χ0) is 46.5. The molecule has 0 radical (unpaired) electrons. The van der Waals surface area contributed by atoms with Crippen LogP contribution in [0.5, 0.6) is 0 Å². The first-order chi connectivity index (χ1) is 31.6. The monoisotopic (exact) mass is 906 g/mol. The van der Waals surface area contributed by atoms with Crippen molar-refractivity contribution in [3.63, 3.8) is 0 Å². The van der Waals surface area contributed by atoms with Gasteiger partial charge in [-0.05, 0) is 12.8 Å². The summed E-state index contributed by atoms with van der Waals surface area (Å²) < 4.78 is 0. The molecular formula is C59H119NO4. The third-order valence-electron chi connectivity index (χ3n) is 14.5. The van der Waals surface area contributed by atoms with E-state index in [2.05, 4.69) is 19.2 Å². The highest BCUT2D eigenvalue weighted by atomic mass is 16.3. The molecule has 64 heavy (non-hydrogen) atoms. The second-order valence-electron chi connectivity index (χ2n) is 20.9. The largest absolute Gasteiger partial charge is 0.394 e. The molecule has 0 spiro atoms. The third kappa shape index (κ3) is 49.3. The Hall–Kier alpha value is -0.650. The van der Waals surface area contributed by atoms with Gasteiger partial charge in [0.05, 0.1) is 18.8 Å². The first kappa shape index (κ1) is 63.4. The number of aliphatic hydroxyl groups is 3. The zero-order valence-electron chi connectivity index (χ0n) is 44.0. The van der Waals surface area contributed by atoms with Crippen molar-refractivity contribution in [2.24, 2.45) is 0 Å². The Kier molecular flexibility index (Phi) is 54.4. The minimum absolute atomic E-state index is 0.137. The maximum absolute atomic E-state index is 12.5. The maximum Gasteiger partial charge on any atom is 0.220 e. The highest BCUT2D eigenvalue weighted by molar-refractivity contribution is 5.76. The molecule has 4 N–H and O–H groups in total. The lowest BCUT2D eigenvalue weighted by atomic mass is 9.99. The molecule has 0 rings (SSSR count). The van der Waals surface area contributed by atoms with E-state index in [1.165, 1.54) is 289 Å². The molecule has 0 aliphatic rings. The van der Waals surface area contributed by atoms with Crippen LogP contribution in [0.4, 0.5) is 0 Å². The summed E-state index contributed by atoms with van der Waals surface area (Å²) in [6, 6.07) is -0.803. The molecule has 0 bridgehead atoms. The second kappa shape index (κ2) is 55.0. The molecule has 5 heteroatoms. The average molecular weight is 907 g/mol. The minimum atomic E-state index is -1.13. The Morgan fingerprint density at radius 2 is 0.531 bits per heavy atom. The summed E-state index contributed by atoms with van der Waals surface area (Å²) in [4.78, 5) is 12.5. The van der Waals surface area contributed by atoms with Crippen molar-refractivity contribution in [1.82, 2.24) is 5.32 Å². The molecule has 0 aliphatic carbocycles. The molecule has 0 aromatic heterocycles. The van der Waals surface area contributed by atoms with Crippen molar-refractivity contribution >= 4 is 5.91 Å². The molecule has 0 saturated heterocycles. The van der Waals surface area contributed by atoms with Crippen LogP contribution >= 0.6 is 0 Å². The number of carbonyl (C=O) groups excluding carboxylic acids is 1. The molecule has 3 unspecified atom stereocenters. The van der Waals surface area contributed by atoms with Crippen LogP contribution in [0, 0.1) is 0 Å². The van der Waals surface area contributed by atoms with Gasteiger partial charge in [-0.1, -0.05) is 328 Å². The smallest absolute Gasteiger partial charge is 0.220 e. The number of hydrogen-bond acceptors (Lipinski definition) is 4. The maximum atomic E-state index is 12.5. The molecule has 0 heterocycles. The van der Waals surface area contributed by atoms with Crippen molar-refractivity contribution in [3.05, 3.63) is 0 Å². The summed E-state index contributed by atoms with van der Waals surface area (Å²) in [5.74, 6) is -0.137. The van der Waals surface area contributed by atoms with E-state index in [9.17, 15) is 20.1 Å². The van der Waals surface area contributed by atoms with Crippen LogP contribution in [-0.4, -0.2) is 46.1 Å². The van der Waals surface area contributed by atoms with E-state index in [1.807, 2.05) is 0 Å². The molecule has 1 amide bonds. The van der Waals surface area contributed by atoms with Crippen LogP contribution in [-0.2, 0) is 4.79 Å². The molecule has 5 nitrogen and oxygen atoms in total. The molecular weight excluding hydrogens is 787 g/mol. The van der Waals surface area contributed by atoms with Crippen molar-refractivity contribution in [2.75, 3.05) is 6.61 Å². The van der Waals surface area contributed by atoms with E-state index in [0.29, 0.717) is 12.8 Å². The topological polar surface area (TPSA) is 89.8 Å². The first-order valence-corrected chi connectivity index (χ1v) is 29.8. The summed E-state index contributed by atoms with van der Waals surface area (Å²) in [6.07, 6.45) is 67.2. The van der Waals surface area contributed by atoms with Crippen LogP contribution < -0.4 is 5.32 Å². The fourth-order valence-electron chi connectivity index (χ4n) is 9.87. The molecule has 0 aromatic carbocycles. The Morgan fingerprint density at radius 3 is 0.750 bits per heavy atom. The number of carbonyl (C=O) groups is 1. The van der Waals surface area contributed by atoms with Gasteiger partial charge in [-0.15, -0.1) is 0 Å². The Labute approximate surface area is 402 Å². The van der Waals surface area contributed by atoms with E-state index in [-0.39, 0.29) is 12.5 Å². The predicted octanol–water partition coefficient (Wildman–Crippen LogP) is 18.5. The van der Waals surface area contributed by atoms with Crippen molar-refractivity contribution < 1.29 is 20.1 Å². The van der Waals surface area contributed by atoms with Crippen molar-refractivity contribution in [2.45, 2.75) is 366 Å². The van der Waals surface area contributed by atoms with Gasteiger partial charge in [0, 0.05) is 6.42 Å². The SMILES string of the molecule is CCCCCCCCCCCCCCCCCCCCCCCCCCCCCCCCCCCCCCCC(=O)NC(CO)C(O)C(O)CCCCCCCCCCCCCCC. The van der Waals surface area contributed by atoms with Crippen LogP contribution in [0.1, 0.15) is 348 Å². The molecule has 0 fully saturated rings. The molecule has 3 atom stereocenters. The van der Waals surface area contributed by atoms with Gasteiger partial charge >= 0.3 is 0 Å². The molecule has 0 aliphatic heterocycles. The van der Waals surface area contributed by atoms with Crippen LogP contribution in [0.3, 0.4) is 0 Å². The van der Waals surface area contributed by atoms with E-state index < -0.39 is 18.2 Å². The number of amides is 1. The summed E-state index contributed by atoms with van der Waals surface area (Å²) in [7, 11) is 0. The molecule has 0 saturated carbocycles. The number of unbranched alkanes of at least 4 members (excludes halogenated alkanes) is 48. The lowest BCUT2D eigenvalue weighted by Gasteiger charge is -2.26. The highest BCUT2D eigenvalue weighted by Crippen LogP contribution is 2.19. The quantitative estimate of drug-likeness (QED) is 0.0458. The lowest BCUT2D eigenvalue weighted by Crippen LogP contribution is -2.50. The third-order valence-corrected chi connectivity index (χ3v) is 14.5. The Morgan fingerprint density at radius 1 is 0.328 bits per heavy atom. The summed E-state index contributed by atoms with van der Waals surface area (Å²) in [5, 5.41) is 33.7. The zero-order valence-corrected chi connectivity index (χ0v) is 44.0. The number of hydrogen-bond donors (Lipinski definition) is 4. The first-order valence-electron chi connectivity index (χ1n) is 29.8. The Bertz CT molecular complexity index is 868. The summed E-state index contributed by atoms with van der Waals surface area (Å²) >= 11 is 0. The minimum Gasteiger partial charge on any atom is -0.394 e. The lowest BCUT2D eigenvalue weighted by molar-refractivity contribution is -0.124. The van der Waals surface area contributed by atoms with Gasteiger partial charge in [0.25, 0.3) is 0 Å². The van der Waals surface area contributed by atoms with Crippen molar-refractivity contribution in [1.29, 1.82) is 0 Å². The summed E-state index contributed by atoms with van der Waals surface area (Å²) in [5.41, 5.74) is 0. The molecule has 384 valence electrons. The van der Waals surface area contributed by atoms with Gasteiger partial charge in [0.15, 0.2) is 0 Å². The van der Waals surface area contributed by atoms with E-state index in [4.69, 9.17) is 0 Å². The normalized spacial score (nSPS) is 13.1. The average Bonchev–Trinajstić information content (AvgIpc) is 3.30. The second-order valence-corrected chi connectivity index (χ2v) is 20.9. The van der Waals surface area contributed by atoms with Gasteiger partial charge in [-0.3, -0.25) is 4.79 Å². The number of aliphatic hydroxyl groups excluding tert-OH is 3. The fourth-order valence-corrected chi connectivity index (χ4v) is 9.87. The van der Waals surface area contributed by atoms with Gasteiger partial charge in [0.1, 0.15) is 6.10 Å². The predicted molar refractivity (Wildman–Crippen MR) is 282 cm³/mol. The van der Waals surface area contributed by atoms with Crippen LogP contribution in [0.15, 0.2) is 0 Å². The van der Waals surface area contributed by atoms with E-state index in [0.717, 1.165) is 32.1 Å². The molecule has 0 aromatic rings.